The first-order valence-electron chi connectivity index (χ1n) is 7.93. The number of nitrogens with one attached hydrogen (secondary N) is 2. The Labute approximate surface area is 152 Å². The third-order valence-electron chi connectivity index (χ3n) is 3.56. The van der Waals surface area contributed by atoms with E-state index in [0.717, 1.165) is 0 Å². The van der Waals surface area contributed by atoms with Crippen LogP contribution in [0.1, 0.15) is 10.4 Å². The van der Waals surface area contributed by atoms with E-state index in [1.807, 2.05) is 0 Å². The summed E-state index contributed by atoms with van der Waals surface area (Å²) in [5.74, 6) is 1.69. The van der Waals surface area contributed by atoms with E-state index in [1.165, 1.54) is 21.3 Å². The van der Waals surface area contributed by atoms with Crippen molar-refractivity contribution in [2.24, 2.45) is 0 Å². The maximum absolute atomic E-state index is 12.5. The quantitative estimate of drug-likeness (QED) is 0.663. The fourth-order valence-corrected chi connectivity index (χ4v) is 2.31. The van der Waals surface area contributed by atoms with E-state index in [1.54, 1.807) is 37.6 Å². The Kier molecular flexibility index (Phi) is 7.04. The Morgan fingerprint density at radius 2 is 1.73 bits per heavy atom. The molecule has 8 heteroatoms. The number of hydrogen-bond acceptors (Lipinski definition) is 7. The van der Waals surface area contributed by atoms with Gasteiger partial charge in [-0.2, -0.15) is 0 Å². The Bertz CT molecular complexity index is 726. The van der Waals surface area contributed by atoms with Crippen LogP contribution in [0.25, 0.3) is 0 Å². The molecule has 0 fully saturated rings. The lowest BCUT2D eigenvalue weighted by Crippen LogP contribution is -2.14. The topological polar surface area (TPSA) is 90.9 Å². The molecular formula is C18H23N3O5. The molecule has 2 aromatic rings. The van der Waals surface area contributed by atoms with Gasteiger partial charge in [-0.25, -0.2) is 4.98 Å². The molecule has 0 aliphatic carbocycles. The summed E-state index contributed by atoms with van der Waals surface area (Å²) >= 11 is 0. The van der Waals surface area contributed by atoms with Crippen molar-refractivity contribution in [2.45, 2.75) is 0 Å². The standard InChI is InChI=1S/C18H23N3O5/c1-23-8-7-20-16-9-12(5-6-19-16)18(22)21-13-10-14(24-2)17(26-4)15(11-13)25-3/h5-6,9-11H,7-8H2,1-4H3,(H,19,20)(H,21,22). The van der Waals surface area contributed by atoms with Crippen LogP contribution in [-0.2, 0) is 4.74 Å². The number of ether oxygens (including phenoxy) is 4. The van der Waals surface area contributed by atoms with E-state index >= 15 is 0 Å². The number of carbonyl (C=O) groups is 1. The molecule has 0 unspecified atom stereocenters. The number of aromatic nitrogens is 1. The van der Waals surface area contributed by atoms with Crippen LogP contribution in [-0.4, -0.2) is 52.5 Å². The van der Waals surface area contributed by atoms with E-state index in [2.05, 4.69) is 15.6 Å². The van der Waals surface area contributed by atoms with Crippen molar-refractivity contribution in [1.82, 2.24) is 4.98 Å². The predicted molar refractivity (Wildman–Crippen MR) is 98.7 cm³/mol. The Balaban J connectivity index is 2.18. The summed E-state index contributed by atoms with van der Waals surface area (Å²) in [6.45, 7) is 1.14. The second kappa shape index (κ2) is 9.47. The lowest BCUT2D eigenvalue weighted by Gasteiger charge is -2.14. The second-order valence-corrected chi connectivity index (χ2v) is 5.22. The predicted octanol–water partition coefficient (Wildman–Crippen LogP) is 2.42. The summed E-state index contributed by atoms with van der Waals surface area (Å²) in [6.07, 6.45) is 1.57. The zero-order valence-corrected chi connectivity index (χ0v) is 15.3. The number of amides is 1. The van der Waals surface area contributed by atoms with Crippen LogP contribution in [0.4, 0.5) is 11.5 Å². The minimum Gasteiger partial charge on any atom is -0.493 e. The van der Waals surface area contributed by atoms with Crippen molar-refractivity contribution < 1.29 is 23.7 Å². The summed E-state index contributed by atoms with van der Waals surface area (Å²) < 4.78 is 20.8. The molecule has 2 rings (SSSR count). The number of nitrogens with zero attached hydrogens (tertiary/aromatic N) is 1. The number of benzene rings is 1. The van der Waals surface area contributed by atoms with Gasteiger partial charge in [-0.05, 0) is 12.1 Å². The van der Waals surface area contributed by atoms with Crippen molar-refractivity contribution in [1.29, 1.82) is 0 Å². The first kappa shape index (κ1) is 19.3. The molecule has 0 atom stereocenters. The number of anilines is 2. The van der Waals surface area contributed by atoms with Gasteiger partial charge in [-0.15, -0.1) is 0 Å². The highest BCUT2D eigenvalue weighted by atomic mass is 16.5. The van der Waals surface area contributed by atoms with E-state index in [4.69, 9.17) is 18.9 Å². The van der Waals surface area contributed by atoms with Crippen molar-refractivity contribution in [3.8, 4) is 17.2 Å². The van der Waals surface area contributed by atoms with Crippen LogP contribution in [0, 0.1) is 0 Å². The normalized spacial score (nSPS) is 10.2. The highest BCUT2D eigenvalue weighted by Crippen LogP contribution is 2.40. The first-order valence-corrected chi connectivity index (χ1v) is 7.93. The smallest absolute Gasteiger partial charge is 0.255 e. The van der Waals surface area contributed by atoms with Gasteiger partial charge in [0, 0.05) is 43.2 Å². The molecule has 0 bridgehead atoms. The minimum absolute atomic E-state index is 0.281. The lowest BCUT2D eigenvalue weighted by molar-refractivity contribution is 0.102. The largest absolute Gasteiger partial charge is 0.493 e. The molecule has 0 aliphatic rings. The third-order valence-corrected chi connectivity index (χ3v) is 3.56. The van der Waals surface area contributed by atoms with Gasteiger partial charge in [-0.3, -0.25) is 4.79 Å². The average molecular weight is 361 g/mol. The van der Waals surface area contributed by atoms with E-state index in [-0.39, 0.29) is 5.91 Å². The maximum Gasteiger partial charge on any atom is 0.255 e. The van der Waals surface area contributed by atoms with E-state index in [0.29, 0.717) is 47.5 Å². The zero-order chi connectivity index (χ0) is 18.9. The van der Waals surface area contributed by atoms with Crippen molar-refractivity contribution in [3.63, 3.8) is 0 Å². The van der Waals surface area contributed by atoms with Crippen LogP contribution in [0.3, 0.4) is 0 Å². The fraction of sp³-hybridized carbons (Fsp3) is 0.333. The van der Waals surface area contributed by atoms with Gasteiger partial charge in [-0.1, -0.05) is 0 Å². The molecule has 1 aromatic carbocycles. The third kappa shape index (κ3) is 4.76. The molecule has 8 nitrogen and oxygen atoms in total. The minimum atomic E-state index is -0.281. The molecule has 140 valence electrons. The van der Waals surface area contributed by atoms with Gasteiger partial charge in [0.05, 0.1) is 27.9 Å². The Hall–Kier alpha value is -3.00. The number of pyridine rings is 1. The molecule has 1 amide bonds. The number of carbonyl (C=O) groups excluding carboxylic acids is 1. The number of methoxy groups -OCH3 is 4. The molecule has 26 heavy (non-hydrogen) atoms. The summed E-state index contributed by atoms with van der Waals surface area (Å²) in [5.41, 5.74) is 0.990. The highest BCUT2D eigenvalue weighted by Gasteiger charge is 2.15. The number of hydrogen-bond donors (Lipinski definition) is 2. The molecule has 0 saturated carbocycles. The summed E-state index contributed by atoms with van der Waals surface area (Å²) in [4.78, 5) is 16.7. The van der Waals surface area contributed by atoms with E-state index in [9.17, 15) is 4.79 Å². The van der Waals surface area contributed by atoms with Gasteiger partial charge in [0.15, 0.2) is 11.5 Å². The monoisotopic (exact) mass is 361 g/mol. The molecule has 1 aromatic heterocycles. The van der Waals surface area contributed by atoms with E-state index < -0.39 is 0 Å². The zero-order valence-electron chi connectivity index (χ0n) is 15.3. The summed E-state index contributed by atoms with van der Waals surface area (Å²) in [7, 11) is 6.18. The molecule has 2 N–H and O–H groups in total. The summed E-state index contributed by atoms with van der Waals surface area (Å²) in [6, 6.07) is 6.63. The average Bonchev–Trinajstić information content (AvgIpc) is 2.67. The van der Waals surface area contributed by atoms with Gasteiger partial charge >= 0.3 is 0 Å². The number of rotatable bonds is 9. The molecule has 0 saturated heterocycles. The molecule has 0 aliphatic heterocycles. The van der Waals surface area contributed by atoms with Crippen LogP contribution in [0.2, 0.25) is 0 Å². The Morgan fingerprint density at radius 3 is 2.31 bits per heavy atom. The van der Waals surface area contributed by atoms with Gasteiger partial charge in [0.25, 0.3) is 5.91 Å². The highest BCUT2D eigenvalue weighted by molar-refractivity contribution is 6.04. The van der Waals surface area contributed by atoms with Crippen molar-refractivity contribution >= 4 is 17.4 Å². The van der Waals surface area contributed by atoms with Crippen LogP contribution in [0.5, 0.6) is 17.2 Å². The molecule has 0 spiro atoms. The Morgan fingerprint density at radius 1 is 1.04 bits per heavy atom. The lowest BCUT2D eigenvalue weighted by atomic mass is 10.2. The van der Waals surface area contributed by atoms with Crippen LogP contribution >= 0.6 is 0 Å². The maximum atomic E-state index is 12.5. The van der Waals surface area contributed by atoms with Crippen LogP contribution in [0.15, 0.2) is 30.5 Å². The molecule has 0 radical (unpaired) electrons. The van der Waals surface area contributed by atoms with Crippen LogP contribution < -0.4 is 24.8 Å². The second-order valence-electron chi connectivity index (χ2n) is 5.22. The van der Waals surface area contributed by atoms with Gasteiger partial charge in [0.1, 0.15) is 5.82 Å². The van der Waals surface area contributed by atoms with Gasteiger partial charge in [0.2, 0.25) is 5.75 Å². The summed E-state index contributed by atoms with van der Waals surface area (Å²) in [5, 5.41) is 5.90. The fourth-order valence-electron chi connectivity index (χ4n) is 2.31. The molecule has 1 heterocycles. The SMILES string of the molecule is COCCNc1cc(C(=O)Nc2cc(OC)c(OC)c(OC)c2)ccn1. The van der Waals surface area contributed by atoms with Gasteiger partial charge < -0.3 is 29.6 Å². The first-order chi connectivity index (χ1) is 12.6. The van der Waals surface area contributed by atoms with Crippen molar-refractivity contribution in [3.05, 3.63) is 36.0 Å². The van der Waals surface area contributed by atoms with Crippen molar-refractivity contribution in [2.75, 3.05) is 52.2 Å². The molecular weight excluding hydrogens is 338 g/mol.